The van der Waals surface area contributed by atoms with Crippen molar-refractivity contribution >= 4 is 17.7 Å². The molecule has 0 aliphatic rings. The minimum Gasteiger partial charge on any atom is -0.493 e. The third-order valence-corrected chi connectivity index (χ3v) is 4.15. The standard InChI is InChI=1S/C21H18F3N3O3/c1-29-17-9-3-14(13-18(17)30-2)4-10-20(28)26-15-5-7-16(8-6-15)27-19(11-12-25-27)21(22,23)24/h3-13H,1-2H3,(H,26,28)/b10-4+. The van der Waals surface area contributed by atoms with Crippen LogP contribution in [0.25, 0.3) is 11.8 Å². The number of aromatic nitrogens is 2. The molecule has 1 N–H and O–H groups in total. The molecular formula is C21H18F3N3O3. The number of carbonyl (C=O) groups excluding carboxylic acids is 1. The minimum atomic E-state index is -4.52. The number of ether oxygens (including phenoxy) is 2. The first-order chi connectivity index (χ1) is 14.3. The molecule has 30 heavy (non-hydrogen) atoms. The van der Waals surface area contributed by atoms with Crippen LogP contribution >= 0.6 is 0 Å². The number of hydrogen-bond donors (Lipinski definition) is 1. The molecule has 0 radical (unpaired) electrons. The van der Waals surface area contributed by atoms with Crippen LogP contribution in [-0.4, -0.2) is 29.9 Å². The number of hydrogen-bond acceptors (Lipinski definition) is 4. The fourth-order valence-corrected chi connectivity index (χ4v) is 2.72. The molecule has 0 aliphatic carbocycles. The van der Waals surface area contributed by atoms with Crippen molar-refractivity contribution in [1.82, 2.24) is 9.78 Å². The van der Waals surface area contributed by atoms with Crippen molar-refractivity contribution in [3.63, 3.8) is 0 Å². The van der Waals surface area contributed by atoms with Crippen molar-refractivity contribution in [1.29, 1.82) is 0 Å². The lowest BCUT2D eigenvalue weighted by molar-refractivity contribution is -0.142. The molecule has 0 bridgehead atoms. The lowest BCUT2D eigenvalue weighted by Gasteiger charge is -2.11. The van der Waals surface area contributed by atoms with Gasteiger partial charge in [-0.3, -0.25) is 4.79 Å². The van der Waals surface area contributed by atoms with Gasteiger partial charge >= 0.3 is 6.18 Å². The summed E-state index contributed by atoms with van der Waals surface area (Å²) in [6, 6.07) is 12.0. The third-order valence-electron chi connectivity index (χ3n) is 4.15. The molecule has 3 aromatic rings. The molecule has 0 unspecified atom stereocenters. The van der Waals surface area contributed by atoms with Gasteiger partial charge in [-0.1, -0.05) is 6.07 Å². The number of halogens is 3. The fraction of sp³-hybridized carbons (Fsp3) is 0.143. The van der Waals surface area contributed by atoms with Gasteiger partial charge < -0.3 is 14.8 Å². The molecular weight excluding hydrogens is 399 g/mol. The van der Waals surface area contributed by atoms with E-state index >= 15 is 0 Å². The van der Waals surface area contributed by atoms with Crippen LogP contribution in [0, 0.1) is 0 Å². The SMILES string of the molecule is COc1ccc(/C=C/C(=O)Nc2ccc(-n3nccc3C(F)(F)F)cc2)cc1OC. The van der Waals surface area contributed by atoms with Crippen molar-refractivity contribution in [3.8, 4) is 17.2 Å². The van der Waals surface area contributed by atoms with E-state index in [2.05, 4.69) is 10.4 Å². The molecule has 6 nitrogen and oxygen atoms in total. The molecule has 3 rings (SSSR count). The molecule has 156 valence electrons. The predicted octanol–water partition coefficient (Wildman–Crippen LogP) is 4.56. The third kappa shape index (κ3) is 4.80. The Morgan fingerprint density at radius 1 is 1.03 bits per heavy atom. The quantitative estimate of drug-likeness (QED) is 0.597. The largest absolute Gasteiger partial charge is 0.493 e. The smallest absolute Gasteiger partial charge is 0.433 e. The van der Waals surface area contributed by atoms with Gasteiger partial charge in [-0.2, -0.15) is 18.3 Å². The lowest BCUT2D eigenvalue weighted by Crippen LogP contribution is -2.13. The van der Waals surface area contributed by atoms with Crippen LogP contribution in [0.5, 0.6) is 11.5 Å². The molecule has 1 aromatic heterocycles. The second-order valence-corrected chi connectivity index (χ2v) is 6.11. The van der Waals surface area contributed by atoms with Crippen LogP contribution < -0.4 is 14.8 Å². The molecule has 0 saturated heterocycles. The van der Waals surface area contributed by atoms with Gasteiger partial charge in [0.05, 0.1) is 26.1 Å². The highest BCUT2D eigenvalue weighted by Gasteiger charge is 2.35. The van der Waals surface area contributed by atoms with Gasteiger partial charge in [-0.05, 0) is 54.1 Å². The van der Waals surface area contributed by atoms with Gasteiger partial charge in [0.1, 0.15) is 5.69 Å². The first-order valence-corrected chi connectivity index (χ1v) is 8.74. The van der Waals surface area contributed by atoms with Gasteiger partial charge in [0, 0.05) is 11.8 Å². The maximum absolute atomic E-state index is 13.0. The molecule has 0 atom stereocenters. The predicted molar refractivity (Wildman–Crippen MR) is 106 cm³/mol. The number of benzene rings is 2. The van der Waals surface area contributed by atoms with E-state index in [4.69, 9.17) is 9.47 Å². The summed E-state index contributed by atoms with van der Waals surface area (Å²) in [7, 11) is 3.05. The number of anilines is 1. The molecule has 2 aromatic carbocycles. The maximum Gasteiger partial charge on any atom is 0.433 e. The number of alkyl halides is 3. The average molecular weight is 417 g/mol. The highest BCUT2D eigenvalue weighted by atomic mass is 19.4. The topological polar surface area (TPSA) is 65.4 Å². The van der Waals surface area contributed by atoms with Gasteiger partial charge in [-0.15, -0.1) is 0 Å². The zero-order valence-corrected chi connectivity index (χ0v) is 16.1. The Balaban J connectivity index is 1.68. The zero-order chi connectivity index (χ0) is 21.7. The zero-order valence-electron chi connectivity index (χ0n) is 16.1. The van der Waals surface area contributed by atoms with E-state index in [0.717, 1.165) is 22.5 Å². The van der Waals surface area contributed by atoms with E-state index in [-0.39, 0.29) is 5.69 Å². The van der Waals surface area contributed by atoms with E-state index in [9.17, 15) is 18.0 Å². The van der Waals surface area contributed by atoms with Crippen LogP contribution in [0.2, 0.25) is 0 Å². The Morgan fingerprint density at radius 3 is 2.37 bits per heavy atom. The number of carbonyl (C=O) groups is 1. The Bertz CT molecular complexity index is 1060. The summed E-state index contributed by atoms with van der Waals surface area (Å²) in [6.45, 7) is 0. The molecule has 9 heteroatoms. The molecule has 0 aliphatic heterocycles. The van der Waals surface area contributed by atoms with Crippen molar-refractivity contribution in [2.24, 2.45) is 0 Å². The van der Waals surface area contributed by atoms with E-state index in [1.807, 2.05) is 0 Å². The first kappa shape index (κ1) is 21.0. The van der Waals surface area contributed by atoms with Gasteiger partial charge in [-0.25, -0.2) is 4.68 Å². The summed E-state index contributed by atoms with van der Waals surface area (Å²) < 4.78 is 50.1. The van der Waals surface area contributed by atoms with Crippen molar-refractivity contribution in [2.75, 3.05) is 19.5 Å². The average Bonchev–Trinajstić information content (AvgIpc) is 3.23. The second-order valence-electron chi connectivity index (χ2n) is 6.11. The van der Waals surface area contributed by atoms with Gasteiger partial charge in [0.15, 0.2) is 11.5 Å². The number of methoxy groups -OCH3 is 2. The second kappa shape index (κ2) is 8.73. The monoisotopic (exact) mass is 417 g/mol. The molecule has 1 amide bonds. The molecule has 0 saturated carbocycles. The fourth-order valence-electron chi connectivity index (χ4n) is 2.72. The summed E-state index contributed by atoms with van der Waals surface area (Å²) >= 11 is 0. The van der Waals surface area contributed by atoms with E-state index in [0.29, 0.717) is 17.2 Å². The van der Waals surface area contributed by atoms with Crippen LogP contribution in [-0.2, 0) is 11.0 Å². The Labute approximate surface area is 170 Å². The summed E-state index contributed by atoms with van der Waals surface area (Å²) in [5.41, 5.74) is 0.515. The lowest BCUT2D eigenvalue weighted by atomic mass is 10.2. The Kier molecular flexibility index (Phi) is 6.10. The minimum absolute atomic E-state index is 0.228. The van der Waals surface area contributed by atoms with Crippen LogP contribution in [0.3, 0.4) is 0 Å². The van der Waals surface area contributed by atoms with Crippen LogP contribution in [0.1, 0.15) is 11.3 Å². The summed E-state index contributed by atoms with van der Waals surface area (Å²) in [4.78, 5) is 12.1. The van der Waals surface area contributed by atoms with E-state index < -0.39 is 17.8 Å². The van der Waals surface area contributed by atoms with Crippen molar-refractivity contribution in [2.45, 2.75) is 6.18 Å². The number of amides is 1. The number of rotatable bonds is 6. The summed E-state index contributed by atoms with van der Waals surface area (Å²) in [5, 5.41) is 6.36. The molecule has 0 spiro atoms. The maximum atomic E-state index is 13.0. The molecule has 1 heterocycles. The van der Waals surface area contributed by atoms with Crippen molar-refractivity contribution in [3.05, 3.63) is 72.1 Å². The molecule has 0 fully saturated rings. The highest BCUT2D eigenvalue weighted by molar-refractivity contribution is 6.02. The summed E-state index contributed by atoms with van der Waals surface area (Å²) in [6.07, 6.45) is -0.495. The normalized spacial score (nSPS) is 11.5. The number of nitrogens with one attached hydrogen (secondary N) is 1. The van der Waals surface area contributed by atoms with Crippen LogP contribution in [0.4, 0.5) is 18.9 Å². The van der Waals surface area contributed by atoms with Crippen LogP contribution in [0.15, 0.2) is 60.8 Å². The van der Waals surface area contributed by atoms with E-state index in [1.54, 1.807) is 24.3 Å². The Hall–Kier alpha value is -3.75. The van der Waals surface area contributed by atoms with Gasteiger partial charge in [0.25, 0.3) is 0 Å². The van der Waals surface area contributed by atoms with Gasteiger partial charge in [0.2, 0.25) is 5.91 Å². The first-order valence-electron chi connectivity index (χ1n) is 8.74. The summed E-state index contributed by atoms with van der Waals surface area (Å²) in [5.74, 6) is 0.713. The van der Waals surface area contributed by atoms with E-state index in [1.165, 1.54) is 44.6 Å². The highest BCUT2D eigenvalue weighted by Crippen LogP contribution is 2.31. The van der Waals surface area contributed by atoms with Crippen molar-refractivity contribution < 1.29 is 27.4 Å². The Morgan fingerprint density at radius 2 is 1.73 bits per heavy atom. The number of nitrogens with zero attached hydrogens (tertiary/aromatic N) is 2.